The highest BCUT2D eigenvalue weighted by molar-refractivity contribution is 6.30. The maximum Gasteiger partial charge on any atom is 0.406 e. The number of rotatable bonds is 8. The predicted molar refractivity (Wildman–Crippen MR) is 333 cm³/mol. The maximum absolute atomic E-state index is 11.2. The van der Waals surface area contributed by atoms with Crippen molar-refractivity contribution in [1.29, 1.82) is 0 Å². The van der Waals surface area contributed by atoms with Crippen molar-refractivity contribution < 1.29 is 95.2 Å². The minimum absolute atomic E-state index is 0. The topological polar surface area (TPSA) is 483 Å². The molecular weight excluding hydrogens is 1360 g/mol. The predicted octanol–water partition coefficient (Wildman–Crippen LogP) is 4.90. The number of methoxy groups -OCH3 is 7. The van der Waals surface area contributed by atoms with Crippen LogP contribution in [0.5, 0.6) is 0 Å². The van der Waals surface area contributed by atoms with E-state index in [0.29, 0.717) is 47.1 Å². The molecule has 0 atom stereocenters. The van der Waals surface area contributed by atoms with Crippen LogP contribution >= 0.6 is 46.4 Å². The average Bonchev–Trinajstić information content (AvgIpc) is 0.976. The lowest BCUT2D eigenvalue weighted by Gasteiger charge is -2.04. The highest BCUT2D eigenvalue weighted by Gasteiger charge is 2.24. The summed E-state index contributed by atoms with van der Waals surface area (Å²) in [5, 5.41) is 42.1. The van der Waals surface area contributed by atoms with E-state index in [1.54, 1.807) is 34.6 Å². The Morgan fingerprint density at radius 2 is 0.792 bits per heavy atom. The first-order valence-electron chi connectivity index (χ1n) is 25.7. The van der Waals surface area contributed by atoms with Gasteiger partial charge in [-0.15, -0.1) is 0 Å². The largest absolute Gasteiger partial charge is 0.618 e. The molecule has 8 rings (SSSR count). The molecule has 8 heterocycles. The Kier molecular flexibility index (Phi) is 37.8. The van der Waals surface area contributed by atoms with Crippen molar-refractivity contribution in [1.82, 2.24) is 59.8 Å². The van der Waals surface area contributed by atoms with Gasteiger partial charge in [-0.25, -0.2) is 78.2 Å². The summed E-state index contributed by atoms with van der Waals surface area (Å²) in [5.74, 6) is -5.13. The Morgan fingerprint density at radius 1 is 0.406 bits per heavy atom. The summed E-state index contributed by atoms with van der Waals surface area (Å²) in [6, 6.07) is 0. The van der Waals surface area contributed by atoms with Crippen molar-refractivity contribution in [3.05, 3.63) is 207 Å². The molecule has 96 heavy (non-hydrogen) atoms. The molecule has 514 valence electrons. The number of carboxylic acid groups (broad SMARTS) is 1. The van der Waals surface area contributed by atoms with Crippen LogP contribution in [-0.2, 0) is 33.2 Å². The zero-order valence-electron chi connectivity index (χ0n) is 52.9. The van der Waals surface area contributed by atoms with Crippen LogP contribution in [0, 0.1) is 75.9 Å². The van der Waals surface area contributed by atoms with Gasteiger partial charge in [-0.2, -0.15) is 14.2 Å². The number of carbonyl (C=O) groups is 8. The summed E-state index contributed by atoms with van der Waals surface area (Å²) >= 11 is 22.1. The second-order valence-electron chi connectivity index (χ2n) is 17.1. The average molecular weight is 1420 g/mol. The Morgan fingerprint density at radius 3 is 1.25 bits per heavy atom. The first kappa shape index (κ1) is 84.8. The van der Waals surface area contributed by atoms with Gasteiger partial charge in [0, 0.05) is 43.5 Å². The number of H-pyrrole nitrogens is 1. The second kappa shape index (κ2) is 42.8. The Labute approximate surface area is 565 Å². The number of hydrogen-bond donors (Lipinski definition) is 2. The highest BCUT2D eigenvalue weighted by atomic mass is 35.5. The van der Waals surface area contributed by atoms with E-state index in [4.69, 9.17) is 51.5 Å². The molecule has 0 spiro atoms. The van der Waals surface area contributed by atoms with Gasteiger partial charge in [-0.05, 0) is 41.5 Å². The van der Waals surface area contributed by atoms with Gasteiger partial charge in [0.15, 0.2) is 51.2 Å². The normalized spacial score (nSPS) is 9.45. The number of nitrogens with one attached hydrogen (secondary N) is 1. The molecule has 0 aliphatic heterocycles. The molecule has 0 fully saturated rings. The van der Waals surface area contributed by atoms with Crippen LogP contribution in [0.15, 0.2) is 74.4 Å². The Hall–Kier alpha value is -11.2. The third kappa shape index (κ3) is 27.1. The third-order valence-electron chi connectivity index (χ3n) is 10.8. The van der Waals surface area contributed by atoms with Gasteiger partial charge in [0.1, 0.15) is 21.7 Å². The quantitative estimate of drug-likeness (QED) is 0.0883. The molecule has 8 aromatic rings. The SMILES string of the molecule is C.COC(=O)c1[nH]c(Cl)c[n+](=O)c1C.COC(=O)c1c(C)nc(Cl)c[n+]1[O-].COC(=O)c1c(C)ncc[n+]1[O-].COC(=O)c1nc(Cl)cnc1C.COC(=O)c1ncc(Cl)nc1C.COC(=O)c1ncc[n+]([O-])c1C.COC(=O)c1nccnc1C.Cc1nccnc1C(=O)O. The minimum Gasteiger partial charge on any atom is -0.618 e. The van der Waals surface area contributed by atoms with Gasteiger partial charge in [0.2, 0.25) is 17.6 Å². The van der Waals surface area contributed by atoms with Crippen molar-refractivity contribution in [2.24, 2.45) is 0 Å². The Bertz CT molecular complexity index is 4020. The van der Waals surface area contributed by atoms with Crippen LogP contribution in [0.4, 0.5) is 0 Å². The summed E-state index contributed by atoms with van der Waals surface area (Å²) in [6.45, 7) is 12.7. The molecule has 36 nitrogen and oxygen atoms in total. The van der Waals surface area contributed by atoms with Gasteiger partial charge >= 0.3 is 59.1 Å². The molecular formula is C56H63Cl4N16O20+. The van der Waals surface area contributed by atoms with Crippen molar-refractivity contribution >= 4 is 94.2 Å². The van der Waals surface area contributed by atoms with Gasteiger partial charge < -0.3 is 58.9 Å². The highest BCUT2D eigenvalue weighted by Crippen LogP contribution is 2.11. The molecule has 0 unspecified atom stereocenters. The molecule has 2 N–H and O–H groups in total. The van der Waals surface area contributed by atoms with Crippen molar-refractivity contribution in [2.75, 3.05) is 49.8 Å². The van der Waals surface area contributed by atoms with E-state index >= 15 is 0 Å². The van der Waals surface area contributed by atoms with E-state index in [9.17, 15) is 58.9 Å². The van der Waals surface area contributed by atoms with Gasteiger partial charge in [0.25, 0.3) is 11.9 Å². The molecule has 0 amide bonds. The Balaban J connectivity index is 0.00000107. The molecule has 8 aromatic heterocycles. The number of carbonyl (C=O) groups excluding carboxylic acids is 7. The molecule has 0 saturated carbocycles. The van der Waals surface area contributed by atoms with Crippen molar-refractivity contribution in [3.63, 3.8) is 0 Å². The van der Waals surface area contributed by atoms with E-state index < -0.39 is 47.8 Å². The van der Waals surface area contributed by atoms with Crippen molar-refractivity contribution in [3.8, 4) is 0 Å². The number of aryl methyl sites for hydroxylation is 6. The minimum atomic E-state index is -1.04. The van der Waals surface area contributed by atoms with E-state index in [0.717, 1.165) is 18.6 Å². The molecule has 0 bridgehead atoms. The molecule has 0 aromatic carbocycles. The number of nitrogens with zero attached hydrogens (tertiary/aromatic N) is 15. The number of carboxylic acids is 1. The molecule has 0 radical (unpaired) electrons. The maximum atomic E-state index is 11.2. The number of esters is 7. The van der Waals surface area contributed by atoms with Crippen molar-refractivity contribution in [2.45, 2.75) is 62.8 Å². The first-order valence-corrected chi connectivity index (χ1v) is 27.3. The van der Waals surface area contributed by atoms with Gasteiger partial charge in [-0.3, -0.25) is 15.0 Å². The zero-order chi connectivity index (χ0) is 72.4. The van der Waals surface area contributed by atoms with E-state index in [1.165, 1.54) is 126 Å². The number of halogens is 4. The molecule has 0 aliphatic rings. The van der Waals surface area contributed by atoms with Crippen LogP contribution < -0.4 is 18.6 Å². The molecule has 0 saturated heterocycles. The van der Waals surface area contributed by atoms with E-state index in [1.807, 2.05) is 0 Å². The second-order valence-corrected chi connectivity index (χ2v) is 18.6. The molecule has 0 aliphatic carbocycles. The summed E-state index contributed by atoms with van der Waals surface area (Å²) in [6.07, 6.45) is 15.6. The fourth-order valence-electron chi connectivity index (χ4n) is 6.15. The van der Waals surface area contributed by atoms with E-state index in [2.05, 4.69) is 93.0 Å². The van der Waals surface area contributed by atoms with Gasteiger partial charge in [-0.1, -0.05) is 53.8 Å². The van der Waals surface area contributed by atoms with Crippen LogP contribution in [0.1, 0.15) is 137 Å². The fraction of sp³-hybridized carbons (Fsp3) is 0.286. The smallest absolute Gasteiger partial charge is 0.406 e. The number of ether oxygens (including phenoxy) is 7. The third-order valence-corrected chi connectivity index (χ3v) is 11.5. The summed E-state index contributed by atoms with van der Waals surface area (Å²) in [5.41, 5.74) is 3.60. The van der Waals surface area contributed by atoms with Crippen LogP contribution in [0.3, 0.4) is 0 Å². The standard InChI is InChI=1S/C7H8ClN2O3.C7H7ClN2O3.2C7H7ClN2O2.2C7H8N2O3.C7H8N2O2.C6H6N2O2.CH4/c1-4-6(7(11)13-2)9-5(8)3-10(4)12;1-4-6(7(11)13-2)10(12)3-5(8)9-4;1-4-6(7(11)12-2)9-3-5(8)10-4;1-4-6(7(11)12-2)10-5(8)3-9-4;1-5-6(7(10)12-2)8-3-4-9(5)11;1-5-6(7(10)12-2)9(11)4-3-8-5;1-5-6(7(10)11-2)9-4-3-8-5;1-4-5(6(9)10)8-3-2-7-4;/h3H,1-2H3,(H,9,12);3H,1-2H3;2*3H,1-2H3;2*3-4H,1-2H3;3-4H,1-2H3;2-3H,1H3,(H,9,10);1H4/q+1;;;;;;;;. The summed E-state index contributed by atoms with van der Waals surface area (Å²) < 4.78 is 32.9. The van der Waals surface area contributed by atoms with E-state index in [-0.39, 0.29) is 90.7 Å². The van der Waals surface area contributed by atoms with Crippen LogP contribution in [-0.4, -0.2) is 162 Å². The first-order chi connectivity index (χ1) is 44.7. The number of aromatic nitrogens is 16. The molecule has 40 heteroatoms. The number of aromatic carboxylic acids is 1. The van der Waals surface area contributed by atoms with Crippen LogP contribution in [0.2, 0.25) is 20.6 Å². The number of aromatic amines is 1. The summed E-state index contributed by atoms with van der Waals surface area (Å²) in [7, 11) is 8.77. The zero-order valence-corrected chi connectivity index (χ0v) is 55.9. The monoisotopic (exact) mass is 1420 g/mol. The lowest BCUT2D eigenvalue weighted by atomic mass is 10.3. The lowest BCUT2D eigenvalue weighted by molar-refractivity contribution is -0.613. The fourth-order valence-corrected chi connectivity index (χ4v) is 6.86. The van der Waals surface area contributed by atoms with Crippen LogP contribution in [0.25, 0.3) is 0 Å². The lowest BCUT2D eigenvalue weighted by Crippen LogP contribution is -2.36. The van der Waals surface area contributed by atoms with Gasteiger partial charge in [0.05, 0.1) is 102 Å². The summed E-state index contributed by atoms with van der Waals surface area (Å²) in [4.78, 5) is 142. The number of hydrogen-bond acceptors (Lipinski definition) is 30.